The summed E-state index contributed by atoms with van der Waals surface area (Å²) in [6.07, 6.45) is 3.23. The first-order valence-corrected chi connectivity index (χ1v) is 6.41. The number of benzene rings is 1. The predicted molar refractivity (Wildman–Crippen MR) is 63.8 cm³/mol. The van der Waals surface area contributed by atoms with Gasteiger partial charge in [0.15, 0.2) is 6.29 Å². The SMILES string of the molecule is c1nc2cc(OC3CCCCO3)ccc2s1. The van der Waals surface area contributed by atoms with E-state index >= 15 is 0 Å². The summed E-state index contributed by atoms with van der Waals surface area (Å²) in [4.78, 5) is 4.27. The lowest BCUT2D eigenvalue weighted by atomic mass is 10.2. The molecule has 0 bridgehead atoms. The van der Waals surface area contributed by atoms with Crippen LogP contribution in [0.4, 0.5) is 0 Å². The van der Waals surface area contributed by atoms with Crippen LogP contribution in [0.5, 0.6) is 5.75 Å². The number of rotatable bonds is 2. The Morgan fingerprint density at radius 2 is 2.38 bits per heavy atom. The second kappa shape index (κ2) is 4.39. The number of ether oxygens (including phenoxy) is 2. The first kappa shape index (κ1) is 10.1. The number of aromatic nitrogens is 1. The smallest absolute Gasteiger partial charge is 0.199 e. The fourth-order valence-electron chi connectivity index (χ4n) is 1.87. The number of nitrogens with zero attached hydrogens (tertiary/aromatic N) is 1. The van der Waals surface area contributed by atoms with Crippen molar-refractivity contribution in [1.82, 2.24) is 4.98 Å². The summed E-state index contributed by atoms with van der Waals surface area (Å²) in [5, 5.41) is 0. The molecule has 0 N–H and O–H groups in total. The Bertz CT molecular complexity index is 477. The first-order valence-electron chi connectivity index (χ1n) is 5.53. The highest BCUT2D eigenvalue weighted by Crippen LogP contribution is 2.25. The molecule has 2 aromatic rings. The molecule has 0 spiro atoms. The van der Waals surface area contributed by atoms with E-state index in [1.807, 2.05) is 23.7 Å². The molecule has 1 aliphatic heterocycles. The van der Waals surface area contributed by atoms with Crippen LogP contribution >= 0.6 is 11.3 Å². The van der Waals surface area contributed by atoms with Crippen LogP contribution in [0.3, 0.4) is 0 Å². The van der Waals surface area contributed by atoms with Crippen LogP contribution in [0.15, 0.2) is 23.7 Å². The maximum absolute atomic E-state index is 5.78. The average molecular weight is 235 g/mol. The molecule has 0 saturated carbocycles. The second-order valence-corrected chi connectivity index (χ2v) is 4.78. The molecule has 2 heterocycles. The molecule has 16 heavy (non-hydrogen) atoms. The van der Waals surface area contributed by atoms with Gasteiger partial charge in [-0.1, -0.05) is 0 Å². The molecule has 1 aromatic carbocycles. The zero-order chi connectivity index (χ0) is 10.8. The molecule has 3 nitrogen and oxygen atoms in total. The fourth-order valence-corrected chi connectivity index (χ4v) is 2.53. The van der Waals surface area contributed by atoms with E-state index in [-0.39, 0.29) is 6.29 Å². The Hall–Kier alpha value is -1.13. The zero-order valence-corrected chi connectivity index (χ0v) is 9.70. The summed E-state index contributed by atoms with van der Waals surface area (Å²) in [6, 6.07) is 6.01. The van der Waals surface area contributed by atoms with E-state index in [0.29, 0.717) is 0 Å². The first-order chi connectivity index (χ1) is 7.92. The van der Waals surface area contributed by atoms with Gasteiger partial charge in [-0.15, -0.1) is 11.3 Å². The van der Waals surface area contributed by atoms with E-state index in [0.717, 1.165) is 30.7 Å². The Balaban J connectivity index is 1.77. The largest absolute Gasteiger partial charge is 0.465 e. The van der Waals surface area contributed by atoms with Crippen LogP contribution in [-0.4, -0.2) is 17.9 Å². The minimum atomic E-state index is -0.0789. The minimum Gasteiger partial charge on any atom is -0.465 e. The molecule has 1 saturated heterocycles. The Kier molecular flexibility index (Phi) is 2.76. The lowest BCUT2D eigenvalue weighted by molar-refractivity contribution is -0.105. The summed E-state index contributed by atoms with van der Waals surface area (Å²) in [7, 11) is 0. The van der Waals surface area contributed by atoms with Gasteiger partial charge in [0.05, 0.1) is 22.3 Å². The highest BCUT2D eigenvalue weighted by atomic mass is 32.1. The second-order valence-electron chi connectivity index (χ2n) is 3.90. The molecular weight excluding hydrogens is 222 g/mol. The van der Waals surface area contributed by atoms with Gasteiger partial charge in [0.2, 0.25) is 0 Å². The van der Waals surface area contributed by atoms with E-state index in [4.69, 9.17) is 9.47 Å². The Labute approximate surface area is 98.0 Å². The van der Waals surface area contributed by atoms with Crippen molar-refractivity contribution in [2.45, 2.75) is 25.6 Å². The van der Waals surface area contributed by atoms with E-state index in [1.165, 1.54) is 11.1 Å². The number of hydrogen-bond acceptors (Lipinski definition) is 4. The molecule has 4 heteroatoms. The third-order valence-corrected chi connectivity index (χ3v) is 3.52. The van der Waals surface area contributed by atoms with Crippen molar-refractivity contribution in [3.8, 4) is 5.75 Å². The molecule has 1 aromatic heterocycles. The van der Waals surface area contributed by atoms with Gasteiger partial charge >= 0.3 is 0 Å². The minimum absolute atomic E-state index is 0.0789. The number of thiazole rings is 1. The quantitative estimate of drug-likeness (QED) is 0.801. The van der Waals surface area contributed by atoms with Gasteiger partial charge in [0, 0.05) is 12.5 Å². The number of hydrogen-bond donors (Lipinski definition) is 0. The van der Waals surface area contributed by atoms with Gasteiger partial charge in [0.1, 0.15) is 5.75 Å². The molecule has 0 aliphatic carbocycles. The summed E-state index contributed by atoms with van der Waals surface area (Å²) < 4.78 is 12.5. The van der Waals surface area contributed by atoms with E-state index in [9.17, 15) is 0 Å². The van der Waals surface area contributed by atoms with Crippen molar-refractivity contribution >= 4 is 21.6 Å². The summed E-state index contributed by atoms with van der Waals surface area (Å²) in [5.74, 6) is 0.852. The highest BCUT2D eigenvalue weighted by molar-refractivity contribution is 7.16. The van der Waals surface area contributed by atoms with E-state index in [1.54, 1.807) is 11.3 Å². The monoisotopic (exact) mass is 235 g/mol. The lowest BCUT2D eigenvalue weighted by Gasteiger charge is -2.23. The standard InChI is InChI=1S/C12H13NO2S/c1-2-6-14-12(3-1)15-9-4-5-11-10(7-9)13-8-16-11/h4-5,7-8,12H,1-3,6H2. The molecule has 1 fully saturated rings. The third-order valence-electron chi connectivity index (χ3n) is 2.71. The molecule has 1 aliphatic rings. The van der Waals surface area contributed by atoms with Gasteiger partial charge in [-0.25, -0.2) is 4.98 Å². The lowest BCUT2D eigenvalue weighted by Crippen LogP contribution is -2.24. The molecule has 0 radical (unpaired) electrons. The fraction of sp³-hybridized carbons (Fsp3) is 0.417. The van der Waals surface area contributed by atoms with Crippen LogP contribution in [0.25, 0.3) is 10.2 Å². The van der Waals surface area contributed by atoms with Gasteiger partial charge in [-0.2, -0.15) is 0 Å². The maximum atomic E-state index is 5.78. The highest BCUT2D eigenvalue weighted by Gasteiger charge is 2.15. The molecule has 0 amide bonds. The van der Waals surface area contributed by atoms with Gasteiger partial charge in [-0.05, 0) is 25.0 Å². The summed E-state index contributed by atoms with van der Waals surface area (Å²) >= 11 is 1.64. The normalized spacial score (nSPS) is 21.1. The number of fused-ring (bicyclic) bond motifs is 1. The van der Waals surface area contributed by atoms with Gasteiger partial charge < -0.3 is 9.47 Å². The molecule has 1 unspecified atom stereocenters. The van der Waals surface area contributed by atoms with Gasteiger partial charge in [0.25, 0.3) is 0 Å². The van der Waals surface area contributed by atoms with Crippen molar-refractivity contribution in [1.29, 1.82) is 0 Å². The molecule has 84 valence electrons. The zero-order valence-electron chi connectivity index (χ0n) is 8.89. The van der Waals surface area contributed by atoms with Gasteiger partial charge in [-0.3, -0.25) is 0 Å². The Morgan fingerprint density at radius 3 is 3.25 bits per heavy atom. The molecule has 3 rings (SSSR count). The van der Waals surface area contributed by atoms with Crippen LogP contribution in [-0.2, 0) is 4.74 Å². The van der Waals surface area contributed by atoms with Crippen molar-refractivity contribution in [2.75, 3.05) is 6.61 Å². The van der Waals surface area contributed by atoms with Crippen LogP contribution in [0.1, 0.15) is 19.3 Å². The maximum Gasteiger partial charge on any atom is 0.199 e. The van der Waals surface area contributed by atoms with Crippen LogP contribution in [0.2, 0.25) is 0 Å². The van der Waals surface area contributed by atoms with Crippen molar-refractivity contribution in [3.63, 3.8) is 0 Å². The molecule has 1 atom stereocenters. The third kappa shape index (κ3) is 2.03. The summed E-state index contributed by atoms with van der Waals surface area (Å²) in [5.41, 5.74) is 2.85. The average Bonchev–Trinajstić information content (AvgIpc) is 2.77. The van der Waals surface area contributed by atoms with E-state index in [2.05, 4.69) is 4.98 Å². The van der Waals surface area contributed by atoms with Crippen LogP contribution < -0.4 is 4.74 Å². The van der Waals surface area contributed by atoms with Crippen molar-refractivity contribution in [3.05, 3.63) is 23.7 Å². The van der Waals surface area contributed by atoms with Crippen molar-refractivity contribution < 1.29 is 9.47 Å². The van der Waals surface area contributed by atoms with E-state index < -0.39 is 0 Å². The predicted octanol–water partition coefficient (Wildman–Crippen LogP) is 3.20. The van der Waals surface area contributed by atoms with Crippen LogP contribution in [0, 0.1) is 0 Å². The van der Waals surface area contributed by atoms with Crippen molar-refractivity contribution in [2.24, 2.45) is 0 Å². The molecular formula is C12H13NO2S. The Morgan fingerprint density at radius 1 is 1.38 bits per heavy atom. The topological polar surface area (TPSA) is 31.4 Å². The summed E-state index contributed by atoms with van der Waals surface area (Å²) in [6.45, 7) is 0.809.